The Morgan fingerprint density at radius 1 is 1.05 bits per heavy atom. The van der Waals surface area contributed by atoms with Gasteiger partial charge in [0.05, 0.1) is 16.6 Å². The van der Waals surface area contributed by atoms with Crippen molar-refractivity contribution in [2.45, 2.75) is 56.1 Å². The van der Waals surface area contributed by atoms with Crippen molar-refractivity contribution in [2.75, 3.05) is 37.7 Å². The fourth-order valence-electron chi connectivity index (χ4n) is 7.64. The van der Waals surface area contributed by atoms with Crippen LogP contribution >= 0.6 is 0 Å². The standard InChI is InChI=1S/C31H33FN6O2/c32-25-5-1-4-19-12-22(39)13-23(28(19)25)29-33-15-24-26(37-16-20-6-7-21(17-37)34-20)14-27(35-30(24)36-29)40-18-31-8-2-10-38(31)11-3-9-31/h1,4-5,12-15,20-21,34,39H,2-3,6-11,16-18H2. The lowest BCUT2D eigenvalue weighted by Gasteiger charge is -2.35. The third-order valence-electron chi connectivity index (χ3n) is 9.53. The number of aromatic nitrogens is 3. The van der Waals surface area contributed by atoms with Gasteiger partial charge in [-0.1, -0.05) is 12.1 Å². The number of nitrogens with one attached hydrogen (secondary N) is 1. The molecule has 0 radical (unpaired) electrons. The summed E-state index contributed by atoms with van der Waals surface area (Å²) in [6, 6.07) is 10.9. The van der Waals surface area contributed by atoms with Crippen molar-refractivity contribution in [1.29, 1.82) is 0 Å². The summed E-state index contributed by atoms with van der Waals surface area (Å²) in [5.74, 6) is 0.551. The first kappa shape index (κ1) is 24.3. The smallest absolute Gasteiger partial charge is 0.217 e. The van der Waals surface area contributed by atoms with E-state index in [1.807, 2.05) is 0 Å². The molecule has 0 spiro atoms. The van der Waals surface area contributed by atoms with Gasteiger partial charge >= 0.3 is 0 Å². The highest BCUT2D eigenvalue weighted by molar-refractivity contribution is 5.98. The first-order chi connectivity index (χ1) is 19.5. The van der Waals surface area contributed by atoms with E-state index in [9.17, 15) is 9.50 Å². The molecular formula is C31H33FN6O2. The molecular weight excluding hydrogens is 507 g/mol. The van der Waals surface area contributed by atoms with Crippen molar-refractivity contribution in [1.82, 2.24) is 25.2 Å². The van der Waals surface area contributed by atoms with Crippen LogP contribution in [0, 0.1) is 5.82 Å². The van der Waals surface area contributed by atoms with Crippen LogP contribution in [0.1, 0.15) is 38.5 Å². The predicted octanol–water partition coefficient (Wildman–Crippen LogP) is 4.64. The molecule has 2 N–H and O–H groups in total. The number of hydrogen-bond acceptors (Lipinski definition) is 8. The molecule has 8 rings (SSSR count). The number of hydrogen-bond donors (Lipinski definition) is 2. The number of phenols is 1. The van der Waals surface area contributed by atoms with E-state index in [2.05, 4.69) is 26.2 Å². The van der Waals surface area contributed by atoms with E-state index in [0.717, 1.165) is 50.1 Å². The zero-order valence-corrected chi connectivity index (χ0v) is 22.4. The van der Waals surface area contributed by atoms with Crippen molar-refractivity contribution in [3.8, 4) is 23.0 Å². The molecule has 2 unspecified atom stereocenters. The highest BCUT2D eigenvalue weighted by atomic mass is 19.1. The molecule has 2 aromatic heterocycles. The summed E-state index contributed by atoms with van der Waals surface area (Å²) in [5.41, 5.74) is 2.10. The minimum atomic E-state index is -0.379. The number of rotatable bonds is 5. The predicted molar refractivity (Wildman–Crippen MR) is 152 cm³/mol. The number of nitrogens with zero attached hydrogens (tertiary/aromatic N) is 5. The molecule has 9 heteroatoms. The van der Waals surface area contributed by atoms with E-state index in [1.165, 1.54) is 37.8 Å². The average Bonchev–Trinajstić information content (AvgIpc) is 3.64. The van der Waals surface area contributed by atoms with Gasteiger partial charge in [-0.2, -0.15) is 4.98 Å². The molecule has 0 amide bonds. The zero-order valence-electron chi connectivity index (χ0n) is 22.4. The van der Waals surface area contributed by atoms with Gasteiger partial charge in [-0.25, -0.2) is 14.4 Å². The number of halogens is 1. The van der Waals surface area contributed by atoms with Gasteiger partial charge in [0.25, 0.3) is 0 Å². The summed E-state index contributed by atoms with van der Waals surface area (Å²) in [5, 5.41) is 15.9. The van der Waals surface area contributed by atoms with Crippen molar-refractivity contribution in [3.63, 3.8) is 0 Å². The molecule has 4 aliphatic heterocycles. The second-order valence-electron chi connectivity index (χ2n) is 12.0. The van der Waals surface area contributed by atoms with Crippen molar-refractivity contribution >= 4 is 27.5 Å². The molecule has 4 fully saturated rings. The Morgan fingerprint density at radius 2 is 1.85 bits per heavy atom. The van der Waals surface area contributed by atoms with Gasteiger partial charge < -0.3 is 20.1 Å². The van der Waals surface area contributed by atoms with Crippen LogP contribution in [0.5, 0.6) is 11.6 Å². The maximum Gasteiger partial charge on any atom is 0.217 e. The molecule has 40 heavy (non-hydrogen) atoms. The van der Waals surface area contributed by atoms with Gasteiger partial charge in [-0.3, -0.25) is 4.90 Å². The Kier molecular flexibility index (Phi) is 5.60. The van der Waals surface area contributed by atoms with E-state index >= 15 is 0 Å². The van der Waals surface area contributed by atoms with Crippen LogP contribution in [-0.4, -0.2) is 75.4 Å². The summed E-state index contributed by atoms with van der Waals surface area (Å²) >= 11 is 0. The van der Waals surface area contributed by atoms with Crippen molar-refractivity contribution < 1.29 is 14.2 Å². The summed E-state index contributed by atoms with van der Waals surface area (Å²) in [6.45, 7) is 4.74. The Bertz CT molecular complexity index is 1610. The topological polar surface area (TPSA) is 86.6 Å². The SMILES string of the molecule is Oc1cc(-c2ncc3c(N4CC5CCC(C4)N5)cc(OCC45CCCN4CCC5)nc3n2)c2c(F)cccc2c1. The number of aromatic hydroxyl groups is 1. The summed E-state index contributed by atoms with van der Waals surface area (Å²) in [6.07, 6.45) is 8.92. The molecule has 0 saturated carbocycles. The molecule has 4 aliphatic rings. The van der Waals surface area contributed by atoms with Gasteiger partial charge in [-0.15, -0.1) is 0 Å². The Labute approximate surface area is 232 Å². The normalized spacial score (nSPS) is 23.8. The van der Waals surface area contributed by atoms with Crippen LogP contribution < -0.4 is 15.0 Å². The largest absolute Gasteiger partial charge is 0.508 e. The van der Waals surface area contributed by atoms with Gasteiger partial charge in [0.15, 0.2) is 11.5 Å². The number of piperazine rings is 1. The van der Waals surface area contributed by atoms with E-state index in [1.54, 1.807) is 24.4 Å². The molecule has 2 aromatic carbocycles. The van der Waals surface area contributed by atoms with Gasteiger partial charge in [0.1, 0.15) is 18.2 Å². The molecule has 2 bridgehead atoms. The fourth-order valence-corrected chi connectivity index (χ4v) is 7.64. The number of anilines is 1. The van der Waals surface area contributed by atoms with E-state index in [-0.39, 0.29) is 17.1 Å². The molecule has 6 heterocycles. The first-order valence-corrected chi connectivity index (χ1v) is 14.5. The van der Waals surface area contributed by atoms with Crippen LogP contribution in [0.4, 0.5) is 10.1 Å². The molecule has 206 valence electrons. The first-order valence-electron chi connectivity index (χ1n) is 14.5. The lowest BCUT2D eigenvalue weighted by Crippen LogP contribution is -2.51. The number of pyridine rings is 1. The quantitative estimate of drug-likeness (QED) is 0.379. The summed E-state index contributed by atoms with van der Waals surface area (Å²) in [4.78, 5) is 19.4. The third-order valence-corrected chi connectivity index (χ3v) is 9.53. The lowest BCUT2D eigenvalue weighted by atomic mass is 9.95. The molecule has 0 aliphatic carbocycles. The Balaban J connectivity index is 1.23. The fraction of sp³-hybridized carbons (Fsp3) is 0.452. The van der Waals surface area contributed by atoms with Crippen molar-refractivity contribution in [3.05, 3.63) is 48.4 Å². The zero-order chi connectivity index (χ0) is 26.8. The maximum atomic E-state index is 15.0. The molecule has 4 aromatic rings. The molecule has 8 nitrogen and oxygen atoms in total. The van der Waals surface area contributed by atoms with Crippen LogP contribution in [0.2, 0.25) is 0 Å². The second kappa shape index (κ2) is 9.24. The minimum absolute atomic E-state index is 0.0377. The van der Waals surface area contributed by atoms with Gasteiger partial charge in [0, 0.05) is 48.4 Å². The second-order valence-corrected chi connectivity index (χ2v) is 12.0. The van der Waals surface area contributed by atoms with Crippen LogP contribution in [0.25, 0.3) is 33.2 Å². The number of fused-ring (bicyclic) bond motifs is 5. The monoisotopic (exact) mass is 540 g/mol. The lowest BCUT2D eigenvalue weighted by molar-refractivity contribution is 0.111. The van der Waals surface area contributed by atoms with E-state index < -0.39 is 0 Å². The van der Waals surface area contributed by atoms with Gasteiger partial charge in [0.2, 0.25) is 5.88 Å². The Hall–Kier alpha value is -3.56. The maximum absolute atomic E-state index is 15.0. The van der Waals surface area contributed by atoms with Gasteiger partial charge in [-0.05, 0) is 75.2 Å². The van der Waals surface area contributed by atoms with Crippen LogP contribution in [0.3, 0.4) is 0 Å². The highest BCUT2D eigenvalue weighted by Crippen LogP contribution is 2.40. The average molecular weight is 541 g/mol. The van der Waals surface area contributed by atoms with Crippen LogP contribution in [0.15, 0.2) is 42.6 Å². The van der Waals surface area contributed by atoms with Crippen LogP contribution in [-0.2, 0) is 0 Å². The number of benzene rings is 2. The third kappa shape index (κ3) is 3.97. The summed E-state index contributed by atoms with van der Waals surface area (Å²) < 4.78 is 21.5. The minimum Gasteiger partial charge on any atom is -0.508 e. The Morgan fingerprint density at radius 3 is 2.65 bits per heavy atom. The van der Waals surface area contributed by atoms with E-state index in [4.69, 9.17) is 14.7 Å². The summed E-state index contributed by atoms with van der Waals surface area (Å²) in [7, 11) is 0. The number of ether oxygens (including phenoxy) is 1. The van der Waals surface area contributed by atoms with E-state index in [0.29, 0.717) is 52.4 Å². The highest BCUT2D eigenvalue weighted by Gasteiger charge is 2.45. The molecule has 2 atom stereocenters. The molecule has 4 saturated heterocycles. The number of phenolic OH excluding ortho intramolecular Hbond substituents is 1. The van der Waals surface area contributed by atoms with Crippen molar-refractivity contribution in [2.24, 2.45) is 0 Å².